The molecule has 0 amide bonds. The zero-order chi connectivity index (χ0) is 15.6. The fourth-order valence-corrected chi connectivity index (χ4v) is 1.62. The topological polar surface area (TPSA) is 52.6 Å². The molecule has 0 aliphatic heterocycles. The maximum Gasteiger partial charge on any atom is 0.122 e. The summed E-state index contributed by atoms with van der Waals surface area (Å²) in [7, 11) is 1.69. The number of nitrogens with zero attached hydrogens (tertiary/aromatic N) is 1. The van der Waals surface area contributed by atoms with Crippen molar-refractivity contribution >= 4 is 0 Å². The lowest BCUT2D eigenvalue weighted by molar-refractivity contribution is 0.0806. The fourth-order valence-electron chi connectivity index (χ4n) is 1.62. The highest BCUT2D eigenvalue weighted by Crippen LogP contribution is 2.11. The van der Waals surface area contributed by atoms with Crippen molar-refractivity contribution in [2.24, 2.45) is 0 Å². The van der Waals surface area contributed by atoms with Crippen LogP contribution in [0.15, 0.2) is 18.3 Å². The number of pyridine rings is 1. The van der Waals surface area contributed by atoms with Gasteiger partial charge in [-0.15, -0.1) is 0 Å². The molecule has 1 N–H and O–H groups in total. The molecule has 0 saturated carbocycles. The molecule has 0 spiro atoms. The van der Waals surface area contributed by atoms with E-state index in [9.17, 15) is 0 Å². The monoisotopic (exact) mass is 296 g/mol. The van der Waals surface area contributed by atoms with Crippen LogP contribution in [0.1, 0.15) is 32.9 Å². The van der Waals surface area contributed by atoms with Crippen LogP contribution in [0.2, 0.25) is 0 Å². The first-order valence-corrected chi connectivity index (χ1v) is 7.41. The van der Waals surface area contributed by atoms with Gasteiger partial charge in [0.25, 0.3) is 0 Å². The third-order valence-corrected chi connectivity index (χ3v) is 2.72. The Kier molecular flexibility index (Phi) is 8.27. The van der Waals surface area contributed by atoms with Crippen molar-refractivity contribution in [1.29, 1.82) is 0 Å². The molecule has 5 nitrogen and oxygen atoms in total. The number of hydrogen-bond donors (Lipinski definition) is 1. The van der Waals surface area contributed by atoms with Gasteiger partial charge in [-0.25, -0.2) is 0 Å². The normalized spacial score (nSPS) is 11.6. The molecule has 5 heteroatoms. The molecule has 0 fully saturated rings. The molecule has 1 aromatic rings. The molecule has 1 aromatic heterocycles. The van der Waals surface area contributed by atoms with Crippen molar-refractivity contribution in [1.82, 2.24) is 10.3 Å². The van der Waals surface area contributed by atoms with Crippen LogP contribution in [-0.4, -0.2) is 44.1 Å². The molecule has 0 saturated heterocycles. The lowest BCUT2D eigenvalue weighted by Gasteiger charge is -2.20. The molecule has 0 radical (unpaired) electrons. The number of nitrogens with one attached hydrogen (secondary N) is 1. The van der Waals surface area contributed by atoms with Gasteiger partial charge in [0.15, 0.2) is 0 Å². The lowest BCUT2D eigenvalue weighted by Crippen LogP contribution is -2.35. The molecular weight excluding hydrogens is 268 g/mol. The summed E-state index contributed by atoms with van der Waals surface area (Å²) in [5.41, 5.74) is 1.05. The second kappa shape index (κ2) is 9.71. The van der Waals surface area contributed by atoms with E-state index in [2.05, 4.69) is 31.1 Å². The van der Waals surface area contributed by atoms with Gasteiger partial charge in [0.2, 0.25) is 0 Å². The zero-order valence-electron chi connectivity index (χ0n) is 13.6. The molecule has 0 aromatic carbocycles. The van der Waals surface area contributed by atoms with Crippen molar-refractivity contribution in [3.05, 3.63) is 24.0 Å². The summed E-state index contributed by atoms with van der Waals surface area (Å²) in [6.45, 7) is 9.69. The van der Waals surface area contributed by atoms with E-state index in [0.717, 1.165) is 31.0 Å². The molecule has 0 atom stereocenters. The largest absolute Gasteiger partial charge is 0.491 e. The van der Waals surface area contributed by atoms with Gasteiger partial charge in [-0.3, -0.25) is 4.98 Å². The molecule has 0 aliphatic rings. The maximum atomic E-state index is 5.66. The summed E-state index contributed by atoms with van der Waals surface area (Å²) in [5, 5.41) is 3.41. The summed E-state index contributed by atoms with van der Waals surface area (Å²) in [4.78, 5) is 4.33. The van der Waals surface area contributed by atoms with Gasteiger partial charge in [0.1, 0.15) is 12.4 Å². The van der Waals surface area contributed by atoms with Crippen molar-refractivity contribution in [3.8, 4) is 5.75 Å². The van der Waals surface area contributed by atoms with Crippen molar-refractivity contribution in [2.75, 3.05) is 33.5 Å². The Bertz CT molecular complexity index is 391. The van der Waals surface area contributed by atoms with E-state index in [1.807, 2.05) is 12.1 Å². The third kappa shape index (κ3) is 9.39. The second-order valence-corrected chi connectivity index (χ2v) is 5.89. The number of rotatable bonds is 10. The van der Waals surface area contributed by atoms with Crippen molar-refractivity contribution in [2.45, 2.75) is 39.3 Å². The lowest BCUT2D eigenvalue weighted by atomic mass is 10.1. The minimum absolute atomic E-state index is 0.0780. The molecule has 1 heterocycles. The summed E-state index contributed by atoms with van der Waals surface area (Å²) in [6.07, 6.45) is 2.68. The van der Waals surface area contributed by atoms with E-state index >= 15 is 0 Å². The third-order valence-electron chi connectivity index (χ3n) is 2.72. The Morgan fingerprint density at radius 1 is 1.14 bits per heavy atom. The highest BCUT2D eigenvalue weighted by atomic mass is 16.5. The molecule has 120 valence electrons. The molecule has 0 aliphatic carbocycles. The van der Waals surface area contributed by atoms with Crippen molar-refractivity contribution in [3.63, 3.8) is 0 Å². The number of hydrogen-bond acceptors (Lipinski definition) is 5. The summed E-state index contributed by atoms with van der Waals surface area (Å²) in [6, 6.07) is 3.83. The van der Waals surface area contributed by atoms with Gasteiger partial charge in [0, 0.05) is 44.7 Å². The molecule has 1 rings (SSSR count). The van der Waals surface area contributed by atoms with Crippen LogP contribution in [0.5, 0.6) is 5.75 Å². The predicted molar refractivity (Wildman–Crippen MR) is 83.6 cm³/mol. The number of methoxy groups -OCH3 is 1. The molecule has 0 unspecified atom stereocenters. The SMILES string of the molecule is COCCCOCCOc1ccnc(CNC(C)(C)C)c1. The first-order valence-electron chi connectivity index (χ1n) is 7.41. The van der Waals surface area contributed by atoms with Gasteiger partial charge in [-0.05, 0) is 33.3 Å². The predicted octanol–water partition coefficient (Wildman–Crippen LogP) is 2.40. The average Bonchev–Trinajstić information content (AvgIpc) is 2.44. The van der Waals surface area contributed by atoms with Crippen LogP contribution in [0.25, 0.3) is 0 Å². The smallest absolute Gasteiger partial charge is 0.122 e. The highest BCUT2D eigenvalue weighted by molar-refractivity contribution is 5.22. The first-order chi connectivity index (χ1) is 10.0. The maximum absolute atomic E-state index is 5.66. The summed E-state index contributed by atoms with van der Waals surface area (Å²) in [5.74, 6) is 0.830. The Morgan fingerprint density at radius 3 is 2.67 bits per heavy atom. The number of aromatic nitrogens is 1. The van der Waals surface area contributed by atoms with Gasteiger partial charge < -0.3 is 19.5 Å². The standard InChI is InChI=1S/C16H28N2O3/c1-16(2,3)18-13-14-12-15(6-7-17-14)21-11-10-20-9-5-8-19-4/h6-7,12,18H,5,8-11,13H2,1-4H3. The Hall–Kier alpha value is -1.17. The van der Waals surface area contributed by atoms with E-state index < -0.39 is 0 Å². The van der Waals surface area contributed by atoms with E-state index in [0.29, 0.717) is 19.8 Å². The summed E-state index contributed by atoms with van der Waals surface area (Å²) < 4.78 is 16.1. The van der Waals surface area contributed by atoms with Crippen LogP contribution in [-0.2, 0) is 16.0 Å². The van der Waals surface area contributed by atoms with Gasteiger partial charge >= 0.3 is 0 Å². The van der Waals surface area contributed by atoms with Gasteiger partial charge in [-0.2, -0.15) is 0 Å². The Labute approximate surface area is 128 Å². The fraction of sp³-hybridized carbons (Fsp3) is 0.688. The Balaban J connectivity index is 2.23. The molecular formula is C16H28N2O3. The van der Waals surface area contributed by atoms with Gasteiger partial charge in [0.05, 0.1) is 12.3 Å². The first kappa shape index (κ1) is 17.9. The number of ether oxygens (including phenoxy) is 3. The van der Waals surface area contributed by atoms with Crippen LogP contribution in [0.4, 0.5) is 0 Å². The quantitative estimate of drug-likeness (QED) is 0.672. The van der Waals surface area contributed by atoms with Gasteiger partial charge in [-0.1, -0.05) is 0 Å². The van der Waals surface area contributed by atoms with E-state index in [4.69, 9.17) is 14.2 Å². The van der Waals surface area contributed by atoms with Crippen LogP contribution in [0, 0.1) is 0 Å². The average molecular weight is 296 g/mol. The van der Waals surface area contributed by atoms with Crippen LogP contribution >= 0.6 is 0 Å². The van der Waals surface area contributed by atoms with E-state index in [-0.39, 0.29) is 5.54 Å². The Morgan fingerprint density at radius 2 is 1.95 bits per heavy atom. The van der Waals surface area contributed by atoms with Crippen molar-refractivity contribution < 1.29 is 14.2 Å². The minimum Gasteiger partial charge on any atom is -0.491 e. The zero-order valence-corrected chi connectivity index (χ0v) is 13.6. The molecule has 0 bridgehead atoms. The second-order valence-electron chi connectivity index (χ2n) is 5.89. The minimum atomic E-state index is 0.0780. The van der Waals surface area contributed by atoms with E-state index in [1.165, 1.54) is 0 Å². The van der Waals surface area contributed by atoms with Crippen LogP contribution < -0.4 is 10.1 Å². The molecule has 21 heavy (non-hydrogen) atoms. The highest BCUT2D eigenvalue weighted by Gasteiger charge is 2.09. The van der Waals surface area contributed by atoms with E-state index in [1.54, 1.807) is 13.3 Å². The summed E-state index contributed by atoms with van der Waals surface area (Å²) >= 11 is 0. The van der Waals surface area contributed by atoms with Crippen LogP contribution in [0.3, 0.4) is 0 Å².